The third kappa shape index (κ3) is 3.27. The number of carbonyl (C=O) groups excluding carboxylic acids is 1. The third-order valence-electron chi connectivity index (χ3n) is 2.63. The fourth-order valence-electron chi connectivity index (χ4n) is 1.58. The van der Waals surface area contributed by atoms with Crippen LogP contribution in [0.2, 0.25) is 0 Å². The van der Waals surface area contributed by atoms with E-state index in [4.69, 9.17) is 10.5 Å². The van der Waals surface area contributed by atoms with Gasteiger partial charge in [0.1, 0.15) is 0 Å². The number of nitrogens with one attached hydrogen (secondary N) is 1. The molecule has 1 aliphatic rings. The first-order valence-corrected chi connectivity index (χ1v) is 5.25. The number of ether oxygens (including phenoxy) is 1. The number of carbonyl (C=O) groups is 1. The molecule has 1 aliphatic heterocycles. The summed E-state index contributed by atoms with van der Waals surface area (Å²) in [4.78, 5) is 11.5. The standard InChI is InChI=1S/C10H20N2O2/c1-7(6-11)10(13)12-9-3-4-14-8(2)5-9/h7-9H,3-6,11H2,1-2H3,(H,12,13). The number of rotatable bonds is 3. The van der Waals surface area contributed by atoms with Gasteiger partial charge in [-0.25, -0.2) is 0 Å². The van der Waals surface area contributed by atoms with E-state index in [9.17, 15) is 4.79 Å². The van der Waals surface area contributed by atoms with Gasteiger partial charge in [-0.1, -0.05) is 6.92 Å². The molecule has 0 aromatic heterocycles. The summed E-state index contributed by atoms with van der Waals surface area (Å²) in [6, 6.07) is 0.264. The summed E-state index contributed by atoms with van der Waals surface area (Å²) in [5, 5.41) is 3.00. The maximum Gasteiger partial charge on any atom is 0.224 e. The lowest BCUT2D eigenvalue weighted by Crippen LogP contribution is -2.44. The molecule has 3 unspecified atom stereocenters. The highest BCUT2D eigenvalue weighted by molar-refractivity contribution is 5.78. The van der Waals surface area contributed by atoms with Gasteiger partial charge in [0, 0.05) is 25.1 Å². The van der Waals surface area contributed by atoms with Gasteiger partial charge in [0.25, 0.3) is 0 Å². The maximum atomic E-state index is 11.5. The first-order valence-electron chi connectivity index (χ1n) is 5.25. The van der Waals surface area contributed by atoms with E-state index in [1.807, 2.05) is 13.8 Å². The fraction of sp³-hybridized carbons (Fsp3) is 0.900. The zero-order valence-corrected chi connectivity index (χ0v) is 8.95. The van der Waals surface area contributed by atoms with E-state index in [1.54, 1.807) is 0 Å². The smallest absolute Gasteiger partial charge is 0.224 e. The molecule has 1 amide bonds. The van der Waals surface area contributed by atoms with Crippen molar-refractivity contribution in [1.29, 1.82) is 0 Å². The molecule has 4 nitrogen and oxygen atoms in total. The number of amides is 1. The molecule has 1 rings (SSSR count). The Balaban J connectivity index is 2.32. The second kappa shape index (κ2) is 5.32. The molecule has 3 N–H and O–H groups in total. The van der Waals surface area contributed by atoms with Gasteiger partial charge >= 0.3 is 0 Å². The van der Waals surface area contributed by atoms with Crippen molar-refractivity contribution in [3.63, 3.8) is 0 Å². The zero-order chi connectivity index (χ0) is 10.6. The minimum absolute atomic E-state index is 0.0617. The van der Waals surface area contributed by atoms with Crippen molar-refractivity contribution in [2.75, 3.05) is 13.2 Å². The van der Waals surface area contributed by atoms with E-state index >= 15 is 0 Å². The molecule has 0 spiro atoms. The molecule has 0 radical (unpaired) electrons. The molecule has 0 bridgehead atoms. The van der Waals surface area contributed by atoms with Crippen LogP contribution in [0.1, 0.15) is 26.7 Å². The predicted molar refractivity (Wildman–Crippen MR) is 54.8 cm³/mol. The number of hydrogen-bond donors (Lipinski definition) is 2. The highest BCUT2D eigenvalue weighted by Gasteiger charge is 2.22. The monoisotopic (exact) mass is 200 g/mol. The van der Waals surface area contributed by atoms with Crippen LogP contribution in [0.25, 0.3) is 0 Å². The molecule has 1 fully saturated rings. The summed E-state index contributed by atoms with van der Waals surface area (Å²) in [5.41, 5.74) is 5.42. The van der Waals surface area contributed by atoms with Gasteiger partial charge in [-0.05, 0) is 19.8 Å². The van der Waals surface area contributed by atoms with Crippen molar-refractivity contribution in [2.45, 2.75) is 38.8 Å². The van der Waals surface area contributed by atoms with Crippen molar-refractivity contribution in [3.8, 4) is 0 Å². The minimum atomic E-state index is -0.0897. The average Bonchev–Trinajstić information content (AvgIpc) is 2.16. The van der Waals surface area contributed by atoms with E-state index in [1.165, 1.54) is 0 Å². The Bertz CT molecular complexity index is 197. The van der Waals surface area contributed by atoms with Crippen LogP contribution in [0.15, 0.2) is 0 Å². The Morgan fingerprint density at radius 2 is 2.43 bits per heavy atom. The molecule has 82 valence electrons. The van der Waals surface area contributed by atoms with Gasteiger partial charge in [-0.15, -0.1) is 0 Å². The molecule has 0 aromatic rings. The van der Waals surface area contributed by atoms with Crippen molar-refractivity contribution in [1.82, 2.24) is 5.32 Å². The van der Waals surface area contributed by atoms with Crippen LogP contribution in [0.5, 0.6) is 0 Å². The SMILES string of the molecule is CC1CC(NC(=O)C(C)CN)CCO1. The Hall–Kier alpha value is -0.610. The third-order valence-corrected chi connectivity index (χ3v) is 2.63. The topological polar surface area (TPSA) is 64.4 Å². The van der Waals surface area contributed by atoms with E-state index in [0.717, 1.165) is 19.4 Å². The largest absolute Gasteiger partial charge is 0.378 e. The van der Waals surface area contributed by atoms with Gasteiger partial charge in [-0.3, -0.25) is 4.79 Å². The van der Waals surface area contributed by atoms with Crippen molar-refractivity contribution >= 4 is 5.91 Å². The fourth-order valence-corrected chi connectivity index (χ4v) is 1.58. The van der Waals surface area contributed by atoms with E-state index < -0.39 is 0 Å². The molecular weight excluding hydrogens is 180 g/mol. The summed E-state index contributed by atoms with van der Waals surface area (Å²) < 4.78 is 5.40. The first-order chi connectivity index (χ1) is 6.63. The molecule has 0 aliphatic carbocycles. The van der Waals surface area contributed by atoms with E-state index in [2.05, 4.69) is 5.32 Å². The molecule has 0 saturated carbocycles. The first kappa shape index (κ1) is 11.5. The van der Waals surface area contributed by atoms with Crippen LogP contribution < -0.4 is 11.1 Å². The lowest BCUT2D eigenvalue weighted by molar-refractivity contribution is -0.125. The Morgan fingerprint density at radius 3 is 3.00 bits per heavy atom. The van der Waals surface area contributed by atoms with Crippen molar-refractivity contribution in [3.05, 3.63) is 0 Å². The lowest BCUT2D eigenvalue weighted by Gasteiger charge is -2.28. The minimum Gasteiger partial charge on any atom is -0.378 e. The van der Waals surface area contributed by atoms with Gasteiger partial charge in [0.2, 0.25) is 5.91 Å². The average molecular weight is 200 g/mol. The molecule has 1 saturated heterocycles. The Labute approximate surface area is 85.2 Å². The maximum absolute atomic E-state index is 11.5. The summed E-state index contributed by atoms with van der Waals surface area (Å²) >= 11 is 0. The molecule has 14 heavy (non-hydrogen) atoms. The second-order valence-electron chi connectivity index (χ2n) is 4.05. The molecule has 4 heteroatoms. The molecule has 3 atom stereocenters. The lowest BCUT2D eigenvalue weighted by atomic mass is 10.0. The van der Waals surface area contributed by atoms with Crippen LogP contribution >= 0.6 is 0 Å². The highest BCUT2D eigenvalue weighted by atomic mass is 16.5. The quantitative estimate of drug-likeness (QED) is 0.687. The summed E-state index contributed by atoms with van der Waals surface area (Å²) in [7, 11) is 0. The van der Waals surface area contributed by atoms with Crippen molar-refractivity contribution < 1.29 is 9.53 Å². The Morgan fingerprint density at radius 1 is 1.71 bits per heavy atom. The normalized spacial score (nSPS) is 29.6. The van der Waals surface area contributed by atoms with Gasteiger partial charge in [0.15, 0.2) is 0 Å². The Kier molecular flexibility index (Phi) is 4.35. The molecule has 0 aromatic carbocycles. The zero-order valence-electron chi connectivity index (χ0n) is 8.95. The summed E-state index contributed by atoms with van der Waals surface area (Å²) in [5.74, 6) is -0.0280. The van der Waals surface area contributed by atoms with E-state index in [-0.39, 0.29) is 24.0 Å². The number of hydrogen-bond acceptors (Lipinski definition) is 3. The van der Waals surface area contributed by atoms with Gasteiger partial charge in [0.05, 0.1) is 6.10 Å². The van der Waals surface area contributed by atoms with Crippen LogP contribution in [-0.2, 0) is 9.53 Å². The highest BCUT2D eigenvalue weighted by Crippen LogP contribution is 2.13. The van der Waals surface area contributed by atoms with Crippen molar-refractivity contribution in [2.24, 2.45) is 11.7 Å². The van der Waals surface area contributed by atoms with Crippen LogP contribution in [0.4, 0.5) is 0 Å². The van der Waals surface area contributed by atoms with Crippen LogP contribution in [-0.4, -0.2) is 31.2 Å². The summed E-state index contributed by atoms with van der Waals surface area (Å²) in [6.45, 7) is 5.02. The van der Waals surface area contributed by atoms with E-state index in [0.29, 0.717) is 6.54 Å². The predicted octanol–water partition coefficient (Wildman–Crippen LogP) is 0.265. The second-order valence-corrected chi connectivity index (χ2v) is 4.05. The van der Waals surface area contributed by atoms with Gasteiger partial charge < -0.3 is 15.8 Å². The number of nitrogens with two attached hydrogens (primary N) is 1. The van der Waals surface area contributed by atoms with Gasteiger partial charge in [-0.2, -0.15) is 0 Å². The summed E-state index contributed by atoms with van der Waals surface area (Å²) in [6.07, 6.45) is 2.07. The van der Waals surface area contributed by atoms with Crippen LogP contribution in [0.3, 0.4) is 0 Å². The molecule has 1 heterocycles. The molecular formula is C10H20N2O2. The van der Waals surface area contributed by atoms with Crippen LogP contribution in [0, 0.1) is 5.92 Å².